The molecule has 0 atom stereocenters. The number of allylic oxidation sites excluding steroid dienone is 1. The molecule has 0 aliphatic heterocycles. The fraction of sp³-hybridized carbons (Fsp3) is 0.556. The quantitative estimate of drug-likeness (QED) is 0.313. The Hall–Kier alpha value is -0.720. The number of ether oxygens (including phenoxy) is 1. The van der Waals surface area contributed by atoms with Crippen molar-refractivity contribution >= 4 is 0 Å². The van der Waals surface area contributed by atoms with Crippen LogP contribution in [0, 0.1) is 0 Å². The minimum atomic E-state index is 0.754. The highest BCUT2D eigenvalue weighted by atomic mass is 16.5. The Labute approximate surface area is 63.4 Å². The molecule has 0 fully saturated rings. The lowest BCUT2D eigenvalue weighted by Crippen LogP contribution is -1.82. The molecule has 0 unspecified atom stereocenters. The van der Waals surface area contributed by atoms with Gasteiger partial charge in [0.1, 0.15) is 0 Å². The van der Waals surface area contributed by atoms with Crippen LogP contribution in [0.2, 0.25) is 0 Å². The van der Waals surface area contributed by atoms with Crippen LogP contribution in [0.3, 0.4) is 0 Å². The summed E-state index contributed by atoms with van der Waals surface area (Å²) in [7, 11) is 0. The summed E-state index contributed by atoms with van der Waals surface area (Å²) in [6, 6.07) is 0. The maximum Gasteiger partial charge on any atom is 0.0907 e. The van der Waals surface area contributed by atoms with Gasteiger partial charge >= 0.3 is 0 Å². The molecule has 0 N–H and O–H groups in total. The lowest BCUT2D eigenvalue weighted by atomic mass is 10.3. The molecule has 0 aliphatic rings. The summed E-state index contributed by atoms with van der Waals surface area (Å²) in [5, 5.41) is 0. The first-order valence-electron chi connectivity index (χ1n) is 3.79. The molecule has 0 bridgehead atoms. The van der Waals surface area contributed by atoms with Crippen LogP contribution < -0.4 is 0 Å². The average molecular weight is 140 g/mol. The fourth-order valence-electron chi connectivity index (χ4n) is 0.622. The molecule has 0 heterocycles. The summed E-state index contributed by atoms with van der Waals surface area (Å²) in [6.07, 6.45) is 9.20. The Kier molecular flexibility index (Phi) is 7.68. The van der Waals surface area contributed by atoms with Crippen LogP contribution in [0.4, 0.5) is 0 Å². The van der Waals surface area contributed by atoms with E-state index in [9.17, 15) is 0 Å². The number of hydrogen-bond acceptors (Lipinski definition) is 1. The molecule has 0 aromatic heterocycles. The van der Waals surface area contributed by atoms with E-state index >= 15 is 0 Å². The predicted molar refractivity (Wildman–Crippen MR) is 44.8 cm³/mol. The summed E-state index contributed by atoms with van der Waals surface area (Å²) in [5.74, 6) is 0. The van der Waals surface area contributed by atoms with Crippen molar-refractivity contribution in [2.75, 3.05) is 6.61 Å². The minimum absolute atomic E-state index is 0.754. The van der Waals surface area contributed by atoms with Crippen molar-refractivity contribution in [1.29, 1.82) is 0 Å². The summed E-state index contributed by atoms with van der Waals surface area (Å²) in [6.45, 7) is 6.37. The SMILES string of the molecule is C=COCCC=CCCC. The topological polar surface area (TPSA) is 9.23 Å². The Morgan fingerprint density at radius 3 is 2.60 bits per heavy atom. The van der Waals surface area contributed by atoms with E-state index in [0.717, 1.165) is 13.0 Å². The Bertz CT molecular complexity index is 94.9. The van der Waals surface area contributed by atoms with Crippen LogP contribution in [-0.2, 0) is 4.74 Å². The maximum absolute atomic E-state index is 4.93. The van der Waals surface area contributed by atoms with Gasteiger partial charge in [0.25, 0.3) is 0 Å². The third-order valence-corrected chi connectivity index (χ3v) is 1.14. The Balaban J connectivity index is 2.94. The lowest BCUT2D eigenvalue weighted by Gasteiger charge is -1.93. The highest BCUT2D eigenvalue weighted by molar-refractivity contribution is 4.80. The molecule has 0 aromatic rings. The zero-order chi connectivity index (χ0) is 7.66. The highest BCUT2D eigenvalue weighted by Crippen LogP contribution is 1.91. The van der Waals surface area contributed by atoms with Gasteiger partial charge in [-0.05, 0) is 12.8 Å². The second-order valence-electron chi connectivity index (χ2n) is 2.09. The summed E-state index contributed by atoms with van der Waals surface area (Å²) < 4.78 is 4.93. The molecule has 0 aromatic carbocycles. The van der Waals surface area contributed by atoms with E-state index < -0.39 is 0 Å². The molecule has 1 heteroatoms. The van der Waals surface area contributed by atoms with Gasteiger partial charge in [-0.2, -0.15) is 0 Å². The zero-order valence-electron chi connectivity index (χ0n) is 6.68. The normalized spacial score (nSPS) is 10.1. The molecule has 0 saturated heterocycles. The van der Waals surface area contributed by atoms with Crippen LogP contribution in [0.1, 0.15) is 26.2 Å². The van der Waals surface area contributed by atoms with Gasteiger partial charge < -0.3 is 4.74 Å². The Morgan fingerprint density at radius 2 is 2.00 bits per heavy atom. The largest absolute Gasteiger partial charge is 0.501 e. The molecule has 0 radical (unpaired) electrons. The molecule has 1 nitrogen and oxygen atoms in total. The smallest absolute Gasteiger partial charge is 0.0907 e. The van der Waals surface area contributed by atoms with Crippen molar-refractivity contribution in [3.8, 4) is 0 Å². The molecular formula is C9H16O. The summed E-state index contributed by atoms with van der Waals surface area (Å²) in [4.78, 5) is 0. The molecular weight excluding hydrogens is 124 g/mol. The van der Waals surface area contributed by atoms with Gasteiger partial charge in [0.15, 0.2) is 0 Å². The molecule has 58 valence electrons. The number of unbranched alkanes of at least 4 members (excludes halogenated alkanes) is 1. The maximum atomic E-state index is 4.93. The predicted octanol–water partition coefficient (Wildman–Crippen LogP) is 2.89. The van der Waals surface area contributed by atoms with E-state index in [1.165, 1.54) is 19.1 Å². The summed E-state index contributed by atoms with van der Waals surface area (Å²) in [5.41, 5.74) is 0. The summed E-state index contributed by atoms with van der Waals surface area (Å²) >= 11 is 0. The highest BCUT2D eigenvalue weighted by Gasteiger charge is 1.77. The van der Waals surface area contributed by atoms with Crippen molar-refractivity contribution in [2.24, 2.45) is 0 Å². The van der Waals surface area contributed by atoms with Gasteiger partial charge in [-0.15, -0.1) is 0 Å². The van der Waals surface area contributed by atoms with E-state index in [2.05, 4.69) is 25.7 Å². The van der Waals surface area contributed by atoms with Crippen molar-refractivity contribution in [3.63, 3.8) is 0 Å². The standard InChI is InChI=1S/C9H16O/c1-3-5-6-7-8-9-10-4-2/h4,6-7H,2-3,5,8-9H2,1H3. The fourth-order valence-corrected chi connectivity index (χ4v) is 0.622. The van der Waals surface area contributed by atoms with E-state index in [1.54, 1.807) is 0 Å². The molecule has 0 spiro atoms. The van der Waals surface area contributed by atoms with Gasteiger partial charge in [-0.25, -0.2) is 0 Å². The van der Waals surface area contributed by atoms with E-state index in [0.29, 0.717) is 0 Å². The van der Waals surface area contributed by atoms with E-state index in [1.807, 2.05) is 0 Å². The van der Waals surface area contributed by atoms with Gasteiger partial charge in [-0.1, -0.05) is 32.1 Å². The lowest BCUT2D eigenvalue weighted by molar-refractivity contribution is 0.257. The molecule has 0 rings (SSSR count). The van der Waals surface area contributed by atoms with Crippen LogP contribution in [0.5, 0.6) is 0 Å². The van der Waals surface area contributed by atoms with Crippen LogP contribution in [0.25, 0.3) is 0 Å². The van der Waals surface area contributed by atoms with Gasteiger partial charge in [0, 0.05) is 0 Å². The number of rotatable bonds is 6. The number of hydrogen-bond donors (Lipinski definition) is 0. The van der Waals surface area contributed by atoms with Crippen molar-refractivity contribution in [2.45, 2.75) is 26.2 Å². The van der Waals surface area contributed by atoms with E-state index in [4.69, 9.17) is 4.74 Å². The molecule has 10 heavy (non-hydrogen) atoms. The Morgan fingerprint density at radius 1 is 1.30 bits per heavy atom. The second-order valence-corrected chi connectivity index (χ2v) is 2.09. The van der Waals surface area contributed by atoms with Crippen LogP contribution in [-0.4, -0.2) is 6.61 Å². The van der Waals surface area contributed by atoms with Crippen molar-refractivity contribution in [3.05, 3.63) is 25.0 Å². The van der Waals surface area contributed by atoms with Crippen LogP contribution in [0.15, 0.2) is 25.0 Å². The second kappa shape index (κ2) is 8.28. The molecule has 0 amide bonds. The monoisotopic (exact) mass is 140 g/mol. The molecule has 0 aliphatic carbocycles. The first kappa shape index (κ1) is 9.28. The first-order valence-corrected chi connectivity index (χ1v) is 3.79. The van der Waals surface area contributed by atoms with Crippen molar-refractivity contribution < 1.29 is 4.74 Å². The average Bonchev–Trinajstić information content (AvgIpc) is 1.97. The third kappa shape index (κ3) is 7.28. The van der Waals surface area contributed by atoms with Gasteiger partial charge in [-0.3, -0.25) is 0 Å². The van der Waals surface area contributed by atoms with E-state index in [-0.39, 0.29) is 0 Å². The van der Waals surface area contributed by atoms with Gasteiger partial charge in [0.05, 0.1) is 12.9 Å². The van der Waals surface area contributed by atoms with Gasteiger partial charge in [0.2, 0.25) is 0 Å². The van der Waals surface area contributed by atoms with Crippen LogP contribution >= 0.6 is 0 Å². The zero-order valence-corrected chi connectivity index (χ0v) is 6.68. The first-order chi connectivity index (χ1) is 4.91. The third-order valence-electron chi connectivity index (χ3n) is 1.14. The van der Waals surface area contributed by atoms with Crippen molar-refractivity contribution in [1.82, 2.24) is 0 Å². The minimum Gasteiger partial charge on any atom is -0.501 e. The molecule has 0 saturated carbocycles.